The smallest absolute Gasteiger partial charge is 0.230 e. The summed E-state index contributed by atoms with van der Waals surface area (Å²) in [5.41, 5.74) is 1.12. The zero-order valence-electron chi connectivity index (χ0n) is 14.0. The van der Waals surface area contributed by atoms with Gasteiger partial charge in [0, 0.05) is 11.8 Å². The Morgan fingerprint density at radius 1 is 1.26 bits per heavy atom. The van der Waals surface area contributed by atoms with E-state index < -0.39 is 0 Å². The summed E-state index contributed by atoms with van der Waals surface area (Å²) in [6.07, 6.45) is 3.59. The Bertz CT molecular complexity index is 546. The number of thioether (sulfide) groups is 2. The van der Waals surface area contributed by atoms with Gasteiger partial charge in [-0.1, -0.05) is 73.7 Å². The van der Waals surface area contributed by atoms with E-state index in [2.05, 4.69) is 35.9 Å². The topological polar surface area (TPSA) is 54.9 Å². The van der Waals surface area contributed by atoms with Gasteiger partial charge in [-0.25, -0.2) is 0 Å². The number of nitrogens with one attached hydrogen (secondary N) is 1. The molecule has 0 radical (unpaired) electrons. The number of carbonyl (C=O) groups is 1. The van der Waals surface area contributed by atoms with E-state index in [1.807, 2.05) is 6.92 Å². The highest BCUT2D eigenvalue weighted by Crippen LogP contribution is 2.31. The fourth-order valence-corrected chi connectivity index (χ4v) is 5.33. The van der Waals surface area contributed by atoms with Gasteiger partial charge in [0.2, 0.25) is 5.91 Å². The summed E-state index contributed by atoms with van der Waals surface area (Å²) in [5.74, 6) is 2.63. The molecule has 0 aliphatic heterocycles. The fraction of sp³-hybridized carbons (Fsp3) is 0.688. The SMILES string of the molecule is C=C(C)CSc1nnc(SCC(=O)N[C@@H]2CCC[C@@H](C)[C@@H]2C)s1. The van der Waals surface area contributed by atoms with Crippen molar-refractivity contribution in [1.82, 2.24) is 15.5 Å². The van der Waals surface area contributed by atoms with Crippen LogP contribution in [-0.4, -0.2) is 33.7 Å². The average Bonchev–Trinajstić information content (AvgIpc) is 2.96. The number of hydrogen-bond acceptors (Lipinski definition) is 6. The van der Waals surface area contributed by atoms with E-state index in [-0.39, 0.29) is 5.91 Å². The van der Waals surface area contributed by atoms with Gasteiger partial charge in [-0.2, -0.15) is 0 Å². The second-order valence-electron chi connectivity index (χ2n) is 6.31. The molecule has 1 aliphatic rings. The molecule has 4 nitrogen and oxygen atoms in total. The molecule has 1 fully saturated rings. The summed E-state index contributed by atoms with van der Waals surface area (Å²) in [4.78, 5) is 12.2. The van der Waals surface area contributed by atoms with Gasteiger partial charge in [0.05, 0.1) is 5.75 Å². The predicted molar refractivity (Wildman–Crippen MR) is 100 cm³/mol. The Balaban J connectivity index is 1.75. The van der Waals surface area contributed by atoms with Gasteiger partial charge in [0.1, 0.15) is 0 Å². The van der Waals surface area contributed by atoms with E-state index in [9.17, 15) is 4.79 Å². The van der Waals surface area contributed by atoms with Gasteiger partial charge in [-0.3, -0.25) is 4.79 Å². The third-order valence-electron chi connectivity index (χ3n) is 4.21. The minimum Gasteiger partial charge on any atom is -0.352 e. The molecule has 1 aromatic rings. The monoisotopic (exact) mass is 371 g/mol. The zero-order valence-corrected chi connectivity index (χ0v) is 16.5. The lowest BCUT2D eigenvalue weighted by atomic mass is 9.78. The van der Waals surface area contributed by atoms with Crippen LogP contribution in [-0.2, 0) is 4.79 Å². The maximum Gasteiger partial charge on any atom is 0.230 e. The highest BCUT2D eigenvalue weighted by Gasteiger charge is 2.28. The number of carbonyl (C=O) groups excluding carboxylic acids is 1. The summed E-state index contributed by atoms with van der Waals surface area (Å²) in [6.45, 7) is 10.4. The van der Waals surface area contributed by atoms with E-state index in [0.717, 1.165) is 26.4 Å². The van der Waals surface area contributed by atoms with Crippen LogP contribution in [0.5, 0.6) is 0 Å². The molecule has 2 rings (SSSR count). The van der Waals surface area contributed by atoms with Crippen molar-refractivity contribution in [3.05, 3.63) is 12.2 Å². The first-order valence-electron chi connectivity index (χ1n) is 7.98. The van der Waals surface area contributed by atoms with Gasteiger partial charge >= 0.3 is 0 Å². The Labute approximate surface area is 151 Å². The second-order valence-corrected chi connectivity index (χ2v) is 9.73. The van der Waals surface area contributed by atoms with Gasteiger partial charge < -0.3 is 5.32 Å². The van der Waals surface area contributed by atoms with E-state index in [1.165, 1.54) is 24.6 Å². The average molecular weight is 372 g/mol. The molecule has 0 unspecified atom stereocenters. The van der Waals surface area contributed by atoms with Gasteiger partial charge in [-0.05, 0) is 25.2 Å². The molecule has 1 aromatic heterocycles. The van der Waals surface area contributed by atoms with Crippen LogP contribution >= 0.6 is 34.9 Å². The molecule has 1 aliphatic carbocycles. The lowest BCUT2D eigenvalue weighted by Crippen LogP contribution is -2.44. The third-order valence-corrected chi connectivity index (χ3v) is 7.63. The third kappa shape index (κ3) is 6.12. The number of hydrogen-bond donors (Lipinski definition) is 1. The van der Waals surface area contributed by atoms with Crippen LogP contribution in [0.25, 0.3) is 0 Å². The van der Waals surface area contributed by atoms with Crippen LogP contribution < -0.4 is 5.32 Å². The van der Waals surface area contributed by atoms with Crippen molar-refractivity contribution < 1.29 is 4.79 Å². The number of aromatic nitrogens is 2. The van der Waals surface area contributed by atoms with E-state index >= 15 is 0 Å². The largest absolute Gasteiger partial charge is 0.352 e. The minimum atomic E-state index is 0.104. The molecule has 0 bridgehead atoms. The van der Waals surface area contributed by atoms with Crippen LogP contribution in [0.4, 0.5) is 0 Å². The molecule has 0 spiro atoms. The first-order chi connectivity index (χ1) is 11.0. The predicted octanol–water partition coefficient (Wildman–Crippen LogP) is 4.24. The van der Waals surface area contributed by atoms with Crippen LogP contribution in [0.1, 0.15) is 40.0 Å². The van der Waals surface area contributed by atoms with Gasteiger partial charge in [-0.15, -0.1) is 10.2 Å². The lowest BCUT2D eigenvalue weighted by molar-refractivity contribution is -0.119. The normalized spacial score (nSPS) is 24.4. The molecule has 1 heterocycles. The van der Waals surface area contributed by atoms with E-state index in [0.29, 0.717) is 23.6 Å². The van der Waals surface area contributed by atoms with E-state index in [4.69, 9.17) is 0 Å². The first kappa shape index (κ1) is 18.8. The number of rotatable bonds is 7. The standard InChI is InChI=1S/C16H25N3OS3/c1-10(2)8-21-15-18-19-16(23-15)22-9-14(20)17-13-7-5-6-11(3)12(13)4/h11-13H,1,5-9H2,2-4H3,(H,17,20)/t11-,12+,13-/m1/s1. The van der Waals surface area contributed by atoms with Crippen LogP contribution in [0.15, 0.2) is 20.8 Å². The highest BCUT2D eigenvalue weighted by molar-refractivity contribution is 8.03. The molecule has 1 N–H and O–H groups in total. The molecule has 23 heavy (non-hydrogen) atoms. The summed E-state index contributed by atoms with van der Waals surface area (Å²) in [7, 11) is 0. The summed E-state index contributed by atoms with van der Waals surface area (Å²) in [6, 6.07) is 0.322. The number of nitrogens with zero attached hydrogens (tertiary/aromatic N) is 2. The first-order valence-corrected chi connectivity index (χ1v) is 10.8. The van der Waals surface area contributed by atoms with Gasteiger partial charge in [0.25, 0.3) is 0 Å². The molecule has 3 atom stereocenters. The molecular formula is C16H25N3OS3. The molecule has 1 amide bonds. The summed E-state index contributed by atoms with van der Waals surface area (Å²) >= 11 is 4.66. The fourth-order valence-electron chi connectivity index (χ4n) is 2.66. The Morgan fingerprint density at radius 2 is 1.91 bits per heavy atom. The minimum absolute atomic E-state index is 0.104. The Kier molecular flexibility index (Phi) is 7.43. The van der Waals surface area contributed by atoms with Crippen molar-refractivity contribution in [3.63, 3.8) is 0 Å². The Morgan fingerprint density at radius 3 is 2.57 bits per heavy atom. The van der Waals surface area contributed by atoms with Crippen molar-refractivity contribution in [2.45, 2.75) is 54.8 Å². The Hall–Kier alpha value is -0.530. The van der Waals surface area contributed by atoms with Crippen LogP contribution in [0.3, 0.4) is 0 Å². The van der Waals surface area contributed by atoms with Crippen LogP contribution in [0.2, 0.25) is 0 Å². The summed E-state index contributed by atoms with van der Waals surface area (Å²) in [5, 5.41) is 11.5. The van der Waals surface area contributed by atoms with Crippen molar-refractivity contribution in [2.75, 3.05) is 11.5 Å². The molecular weight excluding hydrogens is 346 g/mol. The molecule has 128 valence electrons. The second kappa shape index (κ2) is 9.08. The lowest BCUT2D eigenvalue weighted by Gasteiger charge is -2.34. The molecule has 0 saturated heterocycles. The summed E-state index contributed by atoms with van der Waals surface area (Å²) < 4.78 is 1.79. The quantitative estimate of drug-likeness (QED) is 0.574. The van der Waals surface area contributed by atoms with Gasteiger partial charge in [0.15, 0.2) is 8.68 Å². The molecule has 7 heteroatoms. The molecule has 1 saturated carbocycles. The van der Waals surface area contributed by atoms with Crippen molar-refractivity contribution in [2.24, 2.45) is 11.8 Å². The van der Waals surface area contributed by atoms with Crippen molar-refractivity contribution in [1.29, 1.82) is 0 Å². The molecule has 0 aromatic carbocycles. The maximum absolute atomic E-state index is 12.2. The number of amides is 1. The zero-order chi connectivity index (χ0) is 16.8. The van der Waals surface area contributed by atoms with E-state index in [1.54, 1.807) is 23.1 Å². The maximum atomic E-state index is 12.2. The van der Waals surface area contributed by atoms with Crippen molar-refractivity contribution >= 4 is 40.8 Å². The highest BCUT2D eigenvalue weighted by atomic mass is 32.2. The van der Waals surface area contributed by atoms with Crippen LogP contribution in [0, 0.1) is 11.8 Å². The van der Waals surface area contributed by atoms with Crippen molar-refractivity contribution in [3.8, 4) is 0 Å².